The molecule has 1 aliphatic carbocycles. The Morgan fingerprint density at radius 3 is 2.83 bits per heavy atom. The number of hydrogen-bond acceptors (Lipinski definition) is 2. The summed E-state index contributed by atoms with van der Waals surface area (Å²) in [6.07, 6.45) is 5.25. The third-order valence-corrected chi connectivity index (χ3v) is 4.19. The summed E-state index contributed by atoms with van der Waals surface area (Å²) in [6, 6.07) is 8.22. The highest BCUT2D eigenvalue weighted by Gasteiger charge is 2.24. The van der Waals surface area contributed by atoms with Crippen LogP contribution in [0.3, 0.4) is 0 Å². The van der Waals surface area contributed by atoms with E-state index < -0.39 is 0 Å². The van der Waals surface area contributed by atoms with Crippen molar-refractivity contribution >= 4 is 11.0 Å². The Morgan fingerprint density at radius 2 is 2.06 bits per heavy atom. The van der Waals surface area contributed by atoms with E-state index in [-0.39, 0.29) is 6.10 Å². The molecule has 3 nitrogen and oxygen atoms in total. The highest BCUT2D eigenvalue weighted by Crippen LogP contribution is 2.28. The van der Waals surface area contributed by atoms with Crippen molar-refractivity contribution in [2.75, 3.05) is 0 Å². The van der Waals surface area contributed by atoms with Crippen LogP contribution in [0.5, 0.6) is 0 Å². The minimum Gasteiger partial charge on any atom is -0.393 e. The summed E-state index contributed by atoms with van der Waals surface area (Å²) in [5.74, 6) is 1.48. The number of aryl methyl sites for hydroxylation is 1. The summed E-state index contributed by atoms with van der Waals surface area (Å²) in [5.41, 5.74) is 2.23. The van der Waals surface area contributed by atoms with E-state index in [0.29, 0.717) is 5.92 Å². The van der Waals surface area contributed by atoms with Gasteiger partial charge in [-0.3, -0.25) is 0 Å². The standard InChI is InChI=1S/C15H20N2O/c1-17-13-8-4-3-7-12(13)16-15(17)10-11-6-2-5-9-14(11)18/h3-4,7-8,11,14,18H,2,5-6,9-10H2,1H3. The summed E-state index contributed by atoms with van der Waals surface area (Å²) in [4.78, 5) is 4.69. The number of aliphatic hydroxyl groups is 1. The lowest BCUT2D eigenvalue weighted by Gasteiger charge is -2.27. The van der Waals surface area contributed by atoms with Crippen LogP contribution in [0.15, 0.2) is 24.3 Å². The Bertz CT molecular complexity index is 546. The van der Waals surface area contributed by atoms with Crippen LogP contribution in [0.2, 0.25) is 0 Å². The molecule has 1 fully saturated rings. The zero-order valence-electron chi connectivity index (χ0n) is 10.8. The number of imidazole rings is 1. The molecule has 0 radical (unpaired) electrons. The Labute approximate surface area is 107 Å². The lowest BCUT2D eigenvalue weighted by molar-refractivity contribution is 0.0687. The van der Waals surface area contributed by atoms with E-state index in [1.807, 2.05) is 12.1 Å². The maximum atomic E-state index is 10.1. The zero-order valence-corrected chi connectivity index (χ0v) is 10.8. The van der Waals surface area contributed by atoms with Crippen molar-refractivity contribution in [2.45, 2.75) is 38.2 Å². The second-order valence-electron chi connectivity index (χ2n) is 5.39. The van der Waals surface area contributed by atoms with Gasteiger partial charge in [-0.25, -0.2) is 4.98 Å². The molecule has 3 rings (SSSR count). The normalized spacial score (nSPS) is 24.6. The quantitative estimate of drug-likeness (QED) is 0.882. The molecule has 1 heterocycles. The second-order valence-corrected chi connectivity index (χ2v) is 5.39. The van der Waals surface area contributed by atoms with E-state index in [0.717, 1.165) is 30.6 Å². The Balaban J connectivity index is 1.88. The Morgan fingerprint density at radius 1 is 1.28 bits per heavy atom. The fourth-order valence-electron chi connectivity index (χ4n) is 3.04. The summed E-state index contributed by atoms with van der Waals surface area (Å²) in [5, 5.41) is 10.1. The molecular weight excluding hydrogens is 224 g/mol. The van der Waals surface area contributed by atoms with Gasteiger partial charge in [0, 0.05) is 13.5 Å². The van der Waals surface area contributed by atoms with Gasteiger partial charge in [0.25, 0.3) is 0 Å². The van der Waals surface area contributed by atoms with Gasteiger partial charge in [-0.2, -0.15) is 0 Å². The molecule has 0 bridgehead atoms. The average Bonchev–Trinajstić information content (AvgIpc) is 2.70. The molecule has 2 aromatic rings. The highest BCUT2D eigenvalue weighted by atomic mass is 16.3. The minimum atomic E-state index is -0.140. The molecule has 3 heteroatoms. The van der Waals surface area contributed by atoms with Gasteiger partial charge in [-0.1, -0.05) is 25.0 Å². The summed E-state index contributed by atoms with van der Waals surface area (Å²) in [7, 11) is 2.07. The molecule has 2 atom stereocenters. The average molecular weight is 244 g/mol. The molecule has 1 saturated carbocycles. The molecule has 1 aliphatic rings. The van der Waals surface area contributed by atoms with Crippen LogP contribution in [0.4, 0.5) is 0 Å². The predicted octanol–water partition coefficient (Wildman–Crippen LogP) is 2.67. The third-order valence-electron chi connectivity index (χ3n) is 4.19. The van der Waals surface area contributed by atoms with Gasteiger partial charge in [0.2, 0.25) is 0 Å². The van der Waals surface area contributed by atoms with Gasteiger partial charge in [-0.15, -0.1) is 0 Å². The molecule has 0 aliphatic heterocycles. The van der Waals surface area contributed by atoms with E-state index in [2.05, 4.69) is 23.7 Å². The lowest BCUT2D eigenvalue weighted by Crippen LogP contribution is -2.27. The van der Waals surface area contributed by atoms with Crippen molar-refractivity contribution in [3.63, 3.8) is 0 Å². The molecule has 0 saturated heterocycles. The molecular formula is C15H20N2O. The summed E-state index contributed by atoms with van der Waals surface area (Å²) in [6.45, 7) is 0. The molecule has 1 aromatic heterocycles. The van der Waals surface area contributed by atoms with Crippen molar-refractivity contribution < 1.29 is 5.11 Å². The second kappa shape index (κ2) is 4.73. The SMILES string of the molecule is Cn1c(CC2CCCCC2O)nc2ccccc21. The van der Waals surface area contributed by atoms with Crippen LogP contribution in [0.1, 0.15) is 31.5 Å². The molecule has 1 N–H and O–H groups in total. The largest absolute Gasteiger partial charge is 0.393 e. The van der Waals surface area contributed by atoms with Crippen LogP contribution in [-0.4, -0.2) is 20.8 Å². The first-order chi connectivity index (χ1) is 8.75. The molecule has 0 spiro atoms. The number of rotatable bonds is 2. The van der Waals surface area contributed by atoms with Crippen molar-refractivity contribution in [1.82, 2.24) is 9.55 Å². The fraction of sp³-hybridized carbons (Fsp3) is 0.533. The number of hydrogen-bond donors (Lipinski definition) is 1. The Hall–Kier alpha value is -1.35. The van der Waals surface area contributed by atoms with E-state index >= 15 is 0 Å². The van der Waals surface area contributed by atoms with Gasteiger partial charge in [0.05, 0.1) is 17.1 Å². The van der Waals surface area contributed by atoms with Gasteiger partial charge in [-0.05, 0) is 30.9 Å². The van der Waals surface area contributed by atoms with E-state index in [4.69, 9.17) is 4.98 Å². The molecule has 1 aromatic carbocycles. The molecule has 18 heavy (non-hydrogen) atoms. The third kappa shape index (κ3) is 2.03. The Kier molecular flexibility index (Phi) is 3.08. The van der Waals surface area contributed by atoms with E-state index in [1.54, 1.807) is 0 Å². The smallest absolute Gasteiger partial charge is 0.109 e. The highest BCUT2D eigenvalue weighted by molar-refractivity contribution is 5.75. The monoisotopic (exact) mass is 244 g/mol. The van der Waals surface area contributed by atoms with Crippen molar-refractivity contribution in [1.29, 1.82) is 0 Å². The fourth-order valence-corrected chi connectivity index (χ4v) is 3.04. The maximum Gasteiger partial charge on any atom is 0.109 e. The van der Waals surface area contributed by atoms with Crippen molar-refractivity contribution in [2.24, 2.45) is 13.0 Å². The number of para-hydroxylation sites is 2. The van der Waals surface area contributed by atoms with Crippen molar-refractivity contribution in [3.05, 3.63) is 30.1 Å². The van der Waals surface area contributed by atoms with Gasteiger partial charge >= 0.3 is 0 Å². The van der Waals surface area contributed by atoms with Crippen molar-refractivity contribution in [3.8, 4) is 0 Å². The predicted molar refractivity (Wildman–Crippen MR) is 72.4 cm³/mol. The zero-order chi connectivity index (χ0) is 12.5. The van der Waals surface area contributed by atoms with Gasteiger partial charge in [0.1, 0.15) is 5.82 Å². The summed E-state index contributed by atoms with van der Waals surface area (Å²) < 4.78 is 2.16. The molecule has 0 amide bonds. The molecule has 2 unspecified atom stereocenters. The first-order valence-electron chi connectivity index (χ1n) is 6.84. The first kappa shape index (κ1) is 11.7. The summed E-state index contributed by atoms with van der Waals surface area (Å²) >= 11 is 0. The maximum absolute atomic E-state index is 10.1. The molecule has 96 valence electrons. The van der Waals surface area contributed by atoms with Crippen LogP contribution in [0, 0.1) is 5.92 Å². The van der Waals surface area contributed by atoms with E-state index in [1.165, 1.54) is 18.4 Å². The first-order valence-corrected chi connectivity index (χ1v) is 6.84. The van der Waals surface area contributed by atoms with Crippen LogP contribution >= 0.6 is 0 Å². The number of benzene rings is 1. The van der Waals surface area contributed by atoms with Gasteiger partial charge in [0.15, 0.2) is 0 Å². The number of aliphatic hydroxyl groups excluding tert-OH is 1. The van der Waals surface area contributed by atoms with Crippen LogP contribution in [0.25, 0.3) is 11.0 Å². The van der Waals surface area contributed by atoms with Gasteiger partial charge < -0.3 is 9.67 Å². The van der Waals surface area contributed by atoms with Crippen LogP contribution in [-0.2, 0) is 13.5 Å². The lowest BCUT2D eigenvalue weighted by atomic mass is 9.84. The number of fused-ring (bicyclic) bond motifs is 1. The minimum absolute atomic E-state index is 0.140. The van der Waals surface area contributed by atoms with E-state index in [9.17, 15) is 5.11 Å². The number of nitrogens with zero attached hydrogens (tertiary/aromatic N) is 2. The van der Waals surface area contributed by atoms with Crippen LogP contribution < -0.4 is 0 Å². The topological polar surface area (TPSA) is 38.0 Å². The number of aromatic nitrogens is 2.